The summed E-state index contributed by atoms with van der Waals surface area (Å²) in [6, 6.07) is 73.7. The van der Waals surface area contributed by atoms with Gasteiger partial charge >= 0.3 is 0 Å². The van der Waals surface area contributed by atoms with Crippen molar-refractivity contribution in [3.05, 3.63) is 230 Å². The van der Waals surface area contributed by atoms with E-state index in [1.807, 2.05) is 24.5 Å². The molecule has 290 valence electrons. The van der Waals surface area contributed by atoms with Crippen LogP contribution in [0.5, 0.6) is 0 Å². The highest BCUT2D eigenvalue weighted by Crippen LogP contribution is 2.54. The predicted molar refractivity (Wildman–Crippen MR) is 255 cm³/mol. The number of fused-ring (bicyclic) bond motifs is 6. The molecule has 1 heterocycles. The molecule has 0 aliphatic heterocycles. The first-order chi connectivity index (χ1) is 30.0. The SMILES string of the molecule is CC1(C)c2cc(-c3ccc4cc(N(c5ccccc5)c5ccccc5)ccc4c3)ccc2-c2c1cc(-c1ncc(N(c3ccccc3)c3ccccc3)cn1)c1ccccc21. The van der Waals surface area contributed by atoms with Gasteiger partial charge in [0.15, 0.2) is 5.82 Å². The van der Waals surface area contributed by atoms with E-state index >= 15 is 0 Å². The van der Waals surface area contributed by atoms with Crippen molar-refractivity contribution in [1.82, 2.24) is 9.97 Å². The van der Waals surface area contributed by atoms with Crippen molar-refractivity contribution in [1.29, 1.82) is 0 Å². The van der Waals surface area contributed by atoms with E-state index in [9.17, 15) is 0 Å². The molecule has 4 nitrogen and oxygen atoms in total. The highest BCUT2D eigenvalue weighted by Gasteiger charge is 2.38. The standard InChI is InChI=1S/C57H42N4/c1-57(2)53-35-42(39-27-28-41-34-47(31-29-40(41)33-39)60(43-17-7-3-8-18-43)44-19-9-4-10-20-44)30-32-51(53)55-50-26-16-15-25-49(50)52(36-54(55)57)56-58-37-48(38-59-56)61(45-21-11-5-12-22-45)46-23-13-6-14-24-46/h3-38H,1-2H3. The monoisotopic (exact) mass is 782 g/mol. The molecule has 0 atom stereocenters. The van der Waals surface area contributed by atoms with Gasteiger partial charge in [-0.15, -0.1) is 0 Å². The van der Waals surface area contributed by atoms with Crippen LogP contribution < -0.4 is 9.80 Å². The third-order valence-electron chi connectivity index (χ3n) is 12.3. The molecular weight excluding hydrogens is 741 g/mol. The topological polar surface area (TPSA) is 32.3 Å². The van der Waals surface area contributed by atoms with Crippen LogP contribution in [-0.4, -0.2) is 9.97 Å². The number of para-hydroxylation sites is 4. The van der Waals surface area contributed by atoms with Gasteiger partial charge in [-0.2, -0.15) is 0 Å². The smallest absolute Gasteiger partial charge is 0.159 e. The number of rotatable bonds is 8. The fraction of sp³-hybridized carbons (Fsp3) is 0.0526. The minimum Gasteiger partial charge on any atom is -0.310 e. The Morgan fingerprint density at radius 3 is 1.43 bits per heavy atom. The Morgan fingerprint density at radius 1 is 0.361 bits per heavy atom. The van der Waals surface area contributed by atoms with Crippen molar-refractivity contribution >= 4 is 55.7 Å². The maximum Gasteiger partial charge on any atom is 0.159 e. The number of nitrogens with zero attached hydrogens (tertiary/aromatic N) is 4. The van der Waals surface area contributed by atoms with Crippen LogP contribution >= 0.6 is 0 Å². The highest BCUT2D eigenvalue weighted by molar-refractivity contribution is 6.08. The molecule has 10 aromatic rings. The van der Waals surface area contributed by atoms with Crippen molar-refractivity contribution < 1.29 is 0 Å². The second kappa shape index (κ2) is 14.8. The molecule has 0 amide bonds. The minimum atomic E-state index is -0.249. The summed E-state index contributed by atoms with van der Waals surface area (Å²) in [4.78, 5) is 14.6. The van der Waals surface area contributed by atoms with Gasteiger partial charge in [-0.3, -0.25) is 0 Å². The van der Waals surface area contributed by atoms with Gasteiger partial charge in [0, 0.05) is 39.4 Å². The van der Waals surface area contributed by atoms with Crippen LogP contribution in [-0.2, 0) is 5.41 Å². The Hall–Kier alpha value is -7.82. The second-order valence-corrected chi connectivity index (χ2v) is 16.3. The van der Waals surface area contributed by atoms with Gasteiger partial charge in [0.25, 0.3) is 0 Å². The quantitative estimate of drug-likeness (QED) is 0.154. The first-order valence-corrected chi connectivity index (χ1v) is 20.9. The third-order valence-corrected chi connectivity index (χ3v) is 12.3. The first-order valence-electron chi connectivity index (χ1n) is 20.9. The van der Waals surface area contributed by atoms with Gasteiger partial charge in [-0.05, 0) is 134 Å². The van der Waals surface area contributed by atoms with Gasteiger partial charge in [0.05, 0.1) is 18.1 Å². The normalized spacial score (nSPS) is 12.6. The molecule has 4 heteroatoms. The van der Waals surface area contributed by atoms with E-state index in [-0.39, 0.29) is 5.41 Å². The van der Waals surface area contributed by atoms with Gasteiger partial charge in [-0.25, -0.2) is 9.97 Å². The molecule has 0 unspecified atom stereocenters. The molecule has 0 saturated carbocycles. The number of anilines is 6. The lowest BCUT2D eigenvalue weighted by Gasteiger charge is -2.25. The fourth-order valence-electron chi connectivity index (χ4n) is 9.28. The van der Waals surface area contributed by atoms with Crippen LogP contribution in [0.25, 0.3) is 55.2 Å². The summed E-state index contributed by atoms with van der Waals surface area (Å²) in [6.07, 6.45) is 3.90. The third kappa shape index (κ3) is 6.32. The number of benzene rings is 9. The summed E-state index contributed by atoms with van der Waals surface area (Å²) in [5, 5.41) is 4.78. The van der Waals surface area contributed by atoms with Crippen molar-refractivity contribution in [2.45, 2.75) is 19.3 Å². The van der Waals surface area contributed by atoms with Gasteiger partial charge < -0.3 is 9.80 Å². The van der Waals surface area contributed by atoms with E-state index in [4.69, 9.17) is 9.97 Å². The molecule has 1 aliphatic carbocycles. The van der Waals surface area contributed by atoms with Crippen LogP contribution in [0.1, 0.15) is 25.0 Å². The van der Waals surface area contributed by atoms with Crippen LogP contribution in [0.15, 0.2) is 219 Å². The Labute approximate surface area is 356 Å². The molecule has 0 radical (unpaired) electrons. The summed E-state index contributed by atoms with van der Waals surface area (Å²) in [6.45, 7) is 4.71. The van der Waals surface area contributed by atoms with E-state index in [1.54, 1.807) is 0 Å². The van der Waals surface area contributed by atoms with Crippen LogP contribution in [0.4, 0.5) is 34.1 Å². The van der Waals surface area contributed by atoms with Gasteiger partial charge in [-0.1, -0.05) is 141 Å². The molecule has 1 aromatic heterocycles. The number of aromatic nitrogens is 2. The molecule has 0 N–H and O–H groups in total. The summed E-state index contributed by atoms with van der Waals surface area (Å²) in [5.41, 5.74) is 14.8. The summed E-state index contributed by atoms with van der Waals surface area (Å²) >= 11 is 0. The van der Waals surface area contributed by atoms with E-state index in [0.717, 1.165) is 45.1 Å². The molecule has 11 rings (SSSR count). The minimum absolute atomic E-state index is 0.249. The van der Waals surface area contributed by atoms with E-state index in [1.165, 1.54) is 49.5 Å². The Morgan fingerprint density at radius 2 is 0.836 bits per heavy atom. The zero-order valence-corrected chi connectivity index (χ0v) is 34.1. The van der Waals surface area contributed by atoms with Crippen molar-refractivity contribution in [2.75, 3.05) is 9.80 Å². The Bertz CT molecular complexity index is 3120. The molecule has 9 aromatic carbocycles. The van der Waals surface area contributed by atoms with Crippen molar-refractivity contribution in [3.63, 3.8) is 0 Å². The lowest BCUT2D eigenvalue weighted by atomic mass is 9.80. The molecule has 0 bridgehead atoms. The molecule has 0 spiro atoms. The predicted octanol–water partition coefficient (Wildman–Crippen LogP) is 15.4. The maximum absolute atomic E-state index is 5.06. The van der Waals surface area contributed by atoms with Crippen LogP contribution in [0, 0.1) is 0 Å². The largest absolute Gasteiger partial charge is 0.310 e. The van der Waals surface area contributed by atoms with Crippen LogP contribution in [0.2, 0.25) is 0 Å². The average molecular weight is 783 g/mol. The zero-order chi connectivity index (χ0) is 40.9. The zero-order valence-electron chi connectivity index (χ0n) is 34.1. The van der Waals surface area contributed by atoms with Crippen molar-refractivity contribution in [3.8, 4) is 33.6 Å². The molecular formula is C57H42N4. The maximum atomic E-state index is 5.06. The second-order valence-electron chi connectivity index (χ2n) is 16.3. The molecule has 61 heavy (non-hydrogen) atoms. The molecule has 0 fully saturated rings. The molecule has 0 saturated heterocycles. The number of hydrogen-bond acceptors (Lipinski definition) is 4. The fourth-order valence-corrected chi connectivity index (χ4v) is 9.28. The first kappa shape index (κ1) is 36.3. The van der Waals surface area contributed by atoms with Gasteiger partial charge in [0.2, 0.25) is 0 Å². The average Bonchev–Trinajstić information content (AvgIpc) is 3.55. The lowest BCUT2D eigenvalue weighted by molar-refractivity contribution is 0.661. The van der Waals surface area contributed by atoms with E-state index < -0.39 is 0 Å². The highest BCUT2D eigenvalue weighted by atomic mass is 15.2. The van der Waals surface area contributed by atoms with E-state index in [0.29, 0.717) is 5.82 Å². The van der Waals surface area contributed by atoms with Crippen molar-refractivity contribution in [2.24, 2.45) is 0 Å². The Balaban J connectivity index is 0.951. The van der Waals surface area contributed by atoms with E-state index in [2.05, 4.69) is 218 Å². The summed E-state index contributed by atoms with van der Waals surface area (Å²) in [7, 11) is 0. The summed E-state index contributed by atoms with van der Waals surface area (Å²) in [5.74, 6) is 0.714. The van der Waals surface area contributed by atoms with Crippen LogP contribution in [0.3, 0.4) is 0 Å². The summed E-state index contributed by atoms with van der Waals surface area (Å²) < 4.78 is 0. The van der Waals surface area contributed by atoms with Gasteiger partial charge in [0.1, 0.15) is 0 Å². The number of hydrogen-bond donors (Lipinski definition) is 0. The molecule has 1 aliphatic rings. The Kier molecular flexibility index (Phi) is 8.79. The lowest BCUT2D eigenvalue weighted by Crippen LogP contribution is -2.15.